The molecule has 10 heteroatoms. The van der Waals surface area contributed by atoms with E-state index in [-0.39, 0.29) is 10.6 Å². The zero-order valence-electron chi connectivity index (χ0n) is 20.4. The lowest BCUT2D eigenvalue weighted by atomic mass is 10.1. The number of ether oxygens (including phenoxy) is 1. The fraction of sp³-hybridized carbons (Fsp3) is 0.0345. The number of aryl methyl sites for hydroxylation is 1. The highest BCUT2D eigenvalue weighted by molar-refractivity contribution is 6.30. The number of halogens is 2. The molecule has 8 nitrogen and oxygen atoms in total. The molecule has 0 bridgehead atoms. The number of carbonyl (C=O) groups excluding carboxylic acids is 1. The summed E-state index contributed by atoms with van der Waals surface area (Å²) >= 11 is 6.00. The number of hydrogen-bond donors (Lipinski definition) is 1. The van der Waals surface area contributed by atoms with Crippen molar-refractivity contribution in [1.29, 1.82) is 0 Å². The van der Waals surface area contributed by atoms with Gasteiger partial charge in [-0.25, -0.2) is 14.4 Å². The fourth-order valence-electron chi connectivity index (χ4n) is 4.31. The Bertz CT molecular complexity index is 1950. The minimum atomic E-state index is -0.592. The predicted octanol–water partition coefficient (Wildman–Crippen LogP) is 6.11. The Morgan fingerprint density at radius 1 is 1.03 bits per heavy atom. The van der Waals surface area contributed by atoms with Crippen molar-refractivity contribution in [1.82, 2.24) is 19.1 Å². The van der Waals surface area contributed by atoms with E-state index in [1.54, 1.807) is 76.3 Å². The number of para-hydroxylation sites is 1. The number of imidazole rings is 1. The first-order chi connectivity index (χ1) is 18.9. The summed E-state index contributed by atoms with van der Waals surface area (Å²) in [6.07, 6.45) is 4.74. The summed E-state index contributed by atoms with van der Waals surface area (Å²) in [5.74, 6) is -0.0716. The lowest BCUT2D eigenvalue weighted by molar-refractivity contribution is 0.102. The molecule has 0 fully saturated rings. The average Bonchev–Trinajstić information content (AvgIpc) is 3.33. The van der Waals surface area contributed by atoms with Gasteiger partial charge in [0, 0.05) is 42.3 Å². The summed E-state index contributed by atoms with van der Waals surface area (Å²) < 4.78 is 23.2. The topological polar surface area (TPSA) is 91.0 Å². The van der Waals surface area contributed by atoms with Crippen LogP contribution in [0.1, 0.15) is 10.4 Å². The van der Waals surface area contributed by atoms with Crippen LogP contribution in [0.15, 0.2) is 96.3 Å². The Hall–Kier alpha value is -5.02. The number of anilines is 1. The molecule has 1 amide bonds. The highest BCUT2D eigenvalue weighted by Crippen LogP contribution is 2.28. The maximum Gasteiger partial charge on any atom is 0.261 e. The molecule has 1 N–H and O–H groups in total. The van der Waals surface area contributed by atoms with E-state index in [0.29, 0.717) is 44.9 Å². The molecular weight excluding hydrogens is 521 g/mol. The zero-order valence-corrected chi connectivity index (χ0v) is 21.2. The summed E-state index contributed by atoms with van der Waals surface area (Å²) in [6, 6.07) is 19.5. The monoisotopic (exact) mass is 539 g/mol. The lowest BCUT2D eigenvalue weighted by Crippen LogP contribution is -2.23. The van der Waals surface area contributed by atoms with E-state index >= 15 is 0 Å². The van der Waals surface area contributed by atoms with Gasteiger partial charge in [0.2, 0.25) is 5.43 Å². The van der Waals surface area contributed by atoms with Gasteiger partial charge in [-0.05, 0) is 54.6 Å². The van der Waals surface area contributed by atoms with Crippen LogP contribution in [0.25, 0.3) is 27.8 Å². The van der Waals surface area contributed by atoms with Crippen molar-refractivity contribution >= 4 is 45.3 Å². The van der Waals surface area contributed by atoms with Crippen LogP contribution in [0.3, 0.4) is 0 Å². The molecule has 0 spiro atoms. The minimum absolute atomic E-state index is 0.0702. The van der Waals surface area contributed by atoms with Crippen LogP contribution in [-0.2, 0) is 7.05 Å². The van der Waals surface area contributed by atoms with E-state index in [4.69, 9.17) is 16.3 Å². The molecular formula is C29H19ClFN5O3. The number of rotatable bonds is 5. The highest BCUT2D eigenvalue weighted by atomic mass is 35.5. The first kappa shape index (κ1) is 24.3. The number of nitrogens with one attached hydrogen (secondary N) is 1. The molecule has 3 aromatic heterocycles. The van der Waals surface area contributed by atoms with Crippen LogP contribution in [0.4, 0.5) is 10.1 Å². The molecule has 0 saturated heterocycles. The molecule has 0 saturated carbocycles. The van der Waals surface area contributed by atoms with E-state index < -0.39 is 17.2 Å². The van der Waals surface area contributed by atoms with Crippen molar-refractivity contribution in [2.45, 2.75) is 0 Å². The van der Waals surface area contributed by atoms with Gasteiger partial charge in [0.1, 0.15) is 17.1 Å². The van der Waals surface area contributed by atoms with Gasteiger partial charge in [0.05, 0.1) is 16.9 Å². The van der Waals surface area contributed by atoms with Crippen LogP contribution in [0.5, 0.6) is 11.5 Å². The number of pyridine rings is 2. The first-order valence-corrected chi connectivity index (χ1v) is 12.2. The molecule has 6 rings (SSSR count). The number of fused-ring (bicyclic) bond motifs is 2. The lowest BCUT2D eigenvalue weighted by Gasteiger charge is -2.14. The molecule has 192 valence electrons. The van der Waals surface area contributed by atoms with Crippen LogP contribution in [0.2, 0.25) is 5.02 Å². The molecule has 0 unspecified atom stereocenters. The summed E-state index contributed by atoms with van der Waals surface area (Å²) in [5.41, 5.74) is 2.35. The van der Waals surface area contributed by atoms with Crippen molar-refractivity contribution in [2.24, 2.45) is 7.05 Å². The minimum Gasteiger partial charge on any atom is -0.455 e. The van der Waals surface area contributed by atoms with Gasteiger partial charge in [-0.1, -0.05) is 23.7 Å². The molecule has 0 aliphatic rings. The Balaban J connectivity index is 1.30. The van der Waals surface area contributed by atoms with E-state index in [2.05, 4.69) is 15.3 Å². The van der Waals surface area contributed by atoms with Crippen molar-refractivity contribution in [3.05, 3.63) is 118 Å². The average molecular weight is 540 g/mol. The molecule has 0 atom stereocenters. The van der Waals surface area contributed by atoms with Gasteiger partial charge in [-0.15, -0.1) is 0 Å². The van der Waals surface area contributed by atoms with E-state index in [1.165, 1.54) is 24.4 Å². The number of hydrogen-bond acceptors (Lipinski definition) is 5. The number of aromatic nitrogens is 4. The summed E-state index contributed by atoms with van der Waals surface area (Å²) in [7, 11) is 1.85. The number of carbonyl (C=O) groups is 1. The van der Waals surface area contributed by atoms with Crippen LogP contribution in [0, 0.1) is 5.82 Å². The maximum atomic E-state index is 13.8. The maximum absolute atomic E-state index is 13.8. The van der Waals surface area contributed by atoms with Crippen LogP contribution in [-0.4, -0.2) is 25.0 Å². The van der Waals surface area contributed by atoms with Gasteiger partial charge in [-0.3, -0.25) is 9.59 Å². The molecule has 0 radical (unpaired) electrons. The van der Waals surface area contributed by atoms with Gasteiger partial charge in [0.15, 0.2) is 16.9 Å². The van der Waals surface area contributed by atoms with Crippen molar-refractivity contribution in [3.63, 3.8) is 0 Å². The third-order valence-electron chi connectivity index (χ3n) is 6.24. The predicted molar refractivity (Wildman–Crippen MR) is 147 cm³/mol. The van der Waals surface area contributed by atoms with Crippen molar-refractivity contribution < 1.29 is 13.9 Å². The number of amides is 1. The summed E-state index contributed by atoms with van der Waals surface area (Å²) in [4.78, 5) is 35.1. The molecule has 0 aliphatic carbocycles. The number of nitrogens with zero attached hydrogens (tertiary/aromatic N) is 4. The summed E-state index contributed by atoms with van der Waals surface area (Å²) in [6.45, 7) is 0. The Labute approximate surface area is 225 Å². The molecule has 3 heterocycles. The zero-order chi connectivity index (χ0) is 27.1. The smallest absolute Gasteiger partial charge is 0.261 e. The normalized spacial score (nSPS) is 11.2. The van der Waals surface area contributed by atoms with E-state index in [1.807, 2.05) is 7.05 Å². The highest BCUT2D eigenvalue weighted by Gasteiger charge is 2.17. The number of benzene rings is 3. The van der Waals surface area contributed by atoms with Crippen LogP contribution >= 0.6 is 11.6 Å². The second-order valence-electron chi connectivity index (χ2n) is 8.77. The quantitative estimate of drug-likeness (QED) is 0.285. The largest absolute Gasteiger partial charge is 0.455 e. The standard InChI is InChI=1S/C29H19ClFN5O3/c1-35-16-33-26-25(12-13-32-28(26)35)39-19-9-6-17(7-10-19)34-29(38)21-15-36(18-8-11-23(31)22(30)14-18)24-5-3-2-4-20(24)27(21)37/h2-16H,1H3,(H,34,38). The van der Waals surface area contributed by atoms with E-state index in [9.17, 15) is 14.0 Å². The molecule has 6 aromatic rings. The Morgan fingerprint density at radius 3 is 2.62 bits per heavy atom. The Kier molecular flexibility index (Phi) is 6.05. The third kappa shape index (κ3) is 4.49. The Morgan fingerprint density at radius 2 is 1.82 bits per heavy atom. The van der Waals surface area contributed by atoms with Gasteiger partial charge < -0.3 is 19.2 Å². The van der Waals surface area contributed by atoms with Gasteiger partial charge in [-0.2, -0.15) is 0 Å². The third-order valence-corrected chi connectivity index (χ3v) is 6.53. The second-order valence-corrected chi connectivity index (χ2v) is 9.18. The summed E-state index contributed by atoms with van der Waals surface area (Å²) in [5, 5.41) is 3.04. The fourth-order valence-corrected chi connectivity index (χ4v) is 4.48. The van der Waals surface area contributed by atoms with Crippen molar-refractivity contribution in [3.8, 4) is 17.2 Å². The molecule has 3 aromatic carbocycles. The van der Waals surface area contributed by atoms with Gasteiger partial charge >= 0.3 is 0 Å². The molecule has 0 aliphatic heterocycles. The van der Waals surface area contributed by atoms with Gasteiger partial charge in [0.25, 0.3) is 5.91 Å². The SMILES string of the molecule is Cn1cnc2c(Oc3ccc(NC(=O)c4cn(-c5ccc(F)c(Cl)c5)c5ccccc5c4=O)cc3)ccnc21. The van der Waals surface area contributed by atoms with Crippen molar-refractivity contribution in [2.75, 3.05) is 5.32 Å². The molecule has 39 heavy (non-hydrogen) atoms. The van der Waals surface area contributed by atoms with Crippen LogP contribution < -0.4 is 15.5 Å². The van der Waals surface area contributed by atoms with E-state index in [0.717, 1.165) is 0 Å². The second kappa shape index (κ2) is 9.70. The first-order valence-electron chi connectivity index (χ1n) is 11.8.